The summed E-state index contributed by atoms with van der Waals surface area (Å²) in [5, 5.41) is 13.2. The van der Waals surface area contributed by atoms with E-state index in [1.807, 2.05) is 18.6 Å². The van der Waals surface area contributed by atoms with Crippen molar-refractivity contribution in [3.63, 3.8) is 0 Å². The molecule has 3 fully saturated rings. The van der Waals surface area contributed by atoms with Gasteiger partial charge in [0.25, 0.3) is 0 Å². The van der Waals surface area contributed by atoms with Gasteiger partial charge in [-0.2, -0.15) is 9.97 Å². The maximum absolute atomic E-state index is 9.66. The summed E-state index contributed by atoms with van der Waals surface area (Å²) in [6.07, 6.45) is 12.7. The van der Waals surface area contributed by atoms with Crippen LogP contribution in [-0.2, 0) is 4.74 Å². The highest BCUT2D eigenvalue weighted by Gasteiger charge is 2.28. The highest BCUT2D eigenvalue weighted by Crippen LogP contribution is 2.35. The monoisotopic (exact) mass is 492 g/mol. The number of pyridine rings is 1. The summed E-state index contributed by atoms with van der Waals surface area (Å²) in [6, 6.07) is 4.79. The van der Waals surface area contributed by atoms with Crippen LogP contribution in [0.2, 0.25) is 0 Å². The Labute approximate surface area is 211 Å². The van der Waals surface area contributed by atoms with Crippen LogP contribution >= 0.6 is 0 Å². The number of rotatable bonds is 7. The quantitative estimate of drug-likeness (QED) is 0.511. The molecule has 3 aliphatic rings. The number of piperidine rings is 1. The third-order valence-electron chi connectivity index (χ3n) is 7.82. The van der Waals surface area contributed by atoms with Gasteiger partial charge in [0, 0.05) is 38.3 Å². The van der Waals surface area contributed by atoms with Crippen molar-refractivity contribution in [3.8, 4) is 0 Å². The molecule has 1 unspecified atom stereocenters. The minimum atomic E-state index is 0.176. The molecule has 0 spiro atoms. The standard InChI is InChI=1S/C26H36N8O2/c35-14-10-21-7-3-4-11-33(21)26-30-24(23-25(31-26)34(18-28-23)20-5-1-2-6-20)29-19-8-9-22(27-17-19)32-12-15-36-16-13-32/h8-9,17-18,20-21,35H,1-7,10-16H2,(H,29,30,31). The van der Waals surface area contributed by atoms with Crippen molar-refractivity contribution in [1.29, 1.82) is 0 Å². The van der Waals surface area contributed by atoms with Gasteiger partial charge in [-0.1, -0.05) is 12.8 Å². The molecule has 3 aromatic rings. The van der Waals surface area contributed by atoms with Gasteiger partial charge in [0.05, 0.1) is 31.4 Å². The van der Waals surface area contributed by atoms with Gasteiger partial charge in [-0.25, -0.2) is 9.97 Å². The molecule has 1 atom stereocenters. The average molecular weight is 493 g/mol. The molecular weight excluding hydrogens is 456 g/mol. The van der Waals surface area contributed by atoms with Crippen molar-refractivity contribution < 1.29 is 9.84 Å². The van der Waals surface area contributed by atoms with Crippen LogP contribution in [-0.4, -0.2) is 75.1 Å². The van der Waals surface area contributed by atoms with Gasteiger partial charge >= 0.3 is 0 Å². The van der Waals surface area contributed by atoms with Gasteiger partial charge in [0.1, 0.15) is 5.82 Å². The van der Waals surface area contributed by atoms with Crippen LogP contribution in [0.5, 0.6) is 0 Å². The molecule has 2 N–H and O–H groups in total. The molecule has 0 amide bonds. The first-order valence-electron chi connectivity index (χ1n) is 13.5. The predicted molar refractivity (Wildman–Crippen MR) is 140 cm³/mol. The first-order valence-corrected chi connectivity index (χ1v) is 13.5. The van der Waals surface area contributed by atoms with E-state index >= 15 is 0 Å². The zero-order chi connectivity index (χ0) is 24.3. The van der Waals surface area contributed by atoms with Crippen LogP contribution in [0.1, 0.15) is 57.4 Å². The lowest BCUT2D eigenvalue weighted by atomic mass is 10.0. The lowest BCUT2D eigenvalue weighted by molar-refractivity contribution is 0.122. The van der Waals surface area contributed by atoms with Gasteiger partial charge < -0.3 is 29.5 Å². The second-order valence-electron chi connectivity index (χ2n) is 10.1. The number of anilines is 4. The van der Waals surface area contributed by atoms with Crippen LogP contribution in [0.15, 0.2) is 24.7 Å². The molecule has 2 aliphatic heterocycles. The zero-order valence-corrected chi connectivity index (χ0v) is 20.8. The molecule has 0 bridgehead atoms. The highest BCUT2D eigenvalue weighted by atomic mass is 16.5. The number of morpholine rings is 1. The molecule has 10 heteroatoms. The fraction of sp³-hybridized carbons (Fsp3) is 0.615. The molecule has 192 valence electrons. The average Bonchev–Trinajstić information content (AvgIpc) is 3.60. The second kappa shape index (κ2) is 10.6. The molecule has 1 saturated carbocycles. The number of aromatic nitrogens is 5. The first-order chi connectivity index (χ1) is 17.8. The number of aliphatic hydroxyl groups excluding tert-OH is 1. The Balaban J connectivity index is 1.34. The van der Waals surface area contributed by atoms with Crippen molar-refractivity contribution in [2.24, 2.45) is 0 Å². The summed E-state index contributed by atoms with van der Waals surface area (Å²) < 4.78 is 7.72. The highest BCUT2D eigenvalue weighted by molar-refractivity contribution is 5.86. The summed E-state index contributed by atoms with van der Waals surface area (Å²) in [4.78, 5) is 24.1. The Morgan fingerprint density at radius 2 is 1.81 bits per heavy atom. The van der Waals surface area contributed by atoms with Gasteiger partial charge in [0.2, 0.25) is 5.95 Å². The van der Waals surface area contributed by atoms with E-state index in [1.165, 1.54) is 19.3 Å². The molecule has 2 saturated heterocycles. The minimum Gasteiger partial charge on any atom is -0.396 e. The van der Waals surface area contributed by atoms with E-state index in [4.69, 9.17) is 24.7 Å². The third kappa shape index (κ3) is 4.71. The Kier molecular flexibility index (Phi) is 6.87. The Hall–Kier alpha value is -2.98. The minimum absolute atomic E-state index is 0.176. The number of aliphatic hydroxyl groups is 1. The van der Waals surface area contributed by atoms with Gasteiger partial charge in [0.15, 0.2) is 17.0 Å². The van der Waals surface area contributed by atoms with Crippen molar-refractivity contribution >= 4 is 34.4 Å². The normalized spacial score (nSPS) is 21.4. The van der Waals surface area contributed by atoms with E-state index in [0.29, 0.717) is 11.9 Å². The number of nitrogens with zero attached hydrogens (tertiary/aromatic N) is 7. The van der Waals surface area contributed by atoms with Gasteiger partial charge in [-0.15, -0.1) is 0 Å². The lowest BCUT2D eigenvalue weighted by Gasteiger charge is -2.35. The lowest BCUT2D eigenvalue weighted by Crippen LogP contribution is -2.41. The number of ether oxygens (including phenoxy) is 1. The predicted octanol–water partition coefficient (Wildman–Crippen LogP) is 3.66. The second-order valence-corrected chi connectivity index (χ2v) is 10.1. The molecule has 1 aliphatic carbocycles. The maximum Gasteiger partial charge on any atom is 0.229 e. The topological polar surface area (TPSA) is 104 Å². The van der Waals surface area contributed by atoms with Gasteiger partial charge in [-0.3, -0.25) is 0 Å². The van der Waals surface area contributed by atoms with E-state index < -0.39 is 0 Å². The number of nitrogens with one attached hydrogen (secondary N) is 1. The van der Waals surface area contributed by atoms with Crippen molar-refractivity contribution in [2.75, 3.05) is 54.6 Å². The summed E-state index contributed by atoms with van der Waals surface area (Å²) in [5.74, 6) is 2.39. The summed E-state index contributed by atoms with van der Waals surface area (Å²) in [6.45, 7) is 4.28. The molecular formula is C26H36N8O2. The fourth-order valence-electron chi connectivity index (χ4n) is 5.86. The summed E-state index contributed by atoms with van der Waals surface area (Å²) in [5.41, 5.74) is 2.55. The Morgan fingerprint density at radius 1 is 0.972 bits per heavy atom. The maximum atomic E-state index is 9.66. The largest absolute Gasteiger partial charge is 0.396 e. The van der Waals surface area contributed by atoms with E-state index in [-0.39, 0.29) is 12.6 Å². The van der Waals surface area contributed by atoms with E-state index in [2.05, 4.69) is 25.8 Å². The van der Waals surface area contributed by atoms with Gasteiger partial charge in [-0.05, 0) is 50.7 Å². The molecule has 3 aromatic heterocycles. The number of hydrogen-bond donors (Lipinski definition) is 2. The summed E-state index contributed by atoms with van der Waals surface area (Å²) >= 11 is 0. The number of hydrogen-bond acceptors (Lipinski definition) is 9. The number of fused-ring (bicyclic) bond motifs is 1. The Bertz CT molecular complexity index is 1150. The molecule has 6 rings (SSSR count). The number of imidazole rings is 1. The van der Waals surface area contributed by atoms with E-state index in [0.717, 1.165) is 93.6 Å². The van der Waals surface area contributed by atoms with Crippen LogP contribution in [0, 0.1) is 0 Å². The molecule has 10 nitrogen and oxygen atoms in total. The Morgan fingerprint density at radius 3 is 2.58 bits per heavy atom. The van der Waals surface area contributed by atoms with Crippen molar-refractivity contribution in [2.45, 2.75) is 63.5 Å². The smallest absolute Gasteiger partial charge is 0.229 e. The fourth-order valence-corrected chi connectivity index (χ4v) is 5.86. The molecule has 0 aromatic carbocycles. The summed E-state index contributed by atoms with van der Waals surface area (Å²) in [7, 11) is 0. The molecule has 5 heterocycles. The van der Waals surface area contributed by atoms with Crippen LogP contribution in [0.25, 0.3) is 11.2 Å². The van der Waals surface area contributed by atoms with Crippen LogP contribution in [0.3, 0.4) is 0 Å². The molecule has 0 radical (unpaired) electrons. The molecule has 36 heavy (non-hydrogen) atoms. The van der Waals surface area contributed by atoms with E-state index in [9.17, 15) is 5.11 Å². The first kappa shape index (κ1) is 23.4. The SMILES string of the molecule is OCCC1CCCCN1c1nc(Nc2ccc(N3CCOCC3)nc2)c2ncn(C3CCCC3)c2n1. The van der Waals surface area contributed by atoms with Crippen molar-refractivity contribution in [1.82, 2.24) is 24.5 Å². The van der Waals surface area contributed by atoms with E-state index in [1.54, 1.807) is 0 Å². The van der Waals surface area contributed by atoms with Crippen LogP contribution in [0.4, 0.5) is 23.3 Å². The zero-order valence-electron chi connectivity index (χ0n) is 20.8. The van der Waals surface area contributed by atoms with Crippen LogP contribution < -0.4 is 15.1 Å². The third-order valence-corrected chi connectivity index (χ3v) is 7.82. The van der Waals surface area contributed by atoms with Crippen molar-refractivity contribution in [3.05, 3.63) is 24.7 Å².